The molecule has 0 unspecified atom stereocenters. The van der Waals surface area contributed by atoms with Gasteiger partial charge in [-0.05, 0) is 134 Å². The maximum Gasteiger partial charge on any atom is 0.252 e. The van der Waals surface area contributed by atoms with Crippen molar-refractivity contribution in [2.75, 3.05) is 14.7 Å². The first-order valence-electron chi connectivity index (χ1n) is 33.8. The molecule has 0 spiro atoms. The normalized spacial score (nSPS) is 13.1. The zero-order valence-corrected chi connectivity index (χ0v) is 55.6. The Bertz CT molecular complexity index is 5140. The maximum absolute atomic E-state index is 7.14. The number of fused-ring (bicyclic) bond motifs is 10. The Hall–Kier alpha value is -11.1. The van der Waals surface area contributed by atoms with Crippen LogP contribution in [0.25, 0.3) is 43.9 Å². The maximum atomic E-state index is 7.14. The molecule has 0 atom stereocenters. The zero-order valence-electron chi connectivity index (χ0n) is 55.6. The summed E-state index contributed by atoms with van der Waals surface area (Å²) in [5, 5.41) is 4.20. The third kappa shape index (κ3) is 9.28. The van der Waals surface area contributed by atoms with Gasteiger partial charge in [0.2, 0.25) is 0 Å². The monoisotopic (exact) mass is 1240 g/mol. The molecule has 4 heterocycles. The van der Waals surface area contributed by atoms with Gasteiger partial charge in [-0.15, -0.1) is 0 Å². The van der Waals surface area contributed by atoms with Crippen LogP contribution in [0.4, 0.5) is 51.2 Å². The lowest BCUT2D eigenvalue weighted by molar-refractivity contribution is 0.641. The third-order valence-corrected chi connectivity index (χ3v) is 21.7. The van der Waals surface area contributed by atoms with Crippen LogP contribution in [0.15, 0.2) is 312 Å². The van der Waals surface area contributed by atoms with E-state index in [4.69, 9.17) is 8.83 Å². The van der Waals surface area contributed by atoms with Gasteiger partial charge in [0.25, 0.3) is 6.71 Å². The van der Waals surface area contributed by atoms with Crippen molar-refractivity contribution >= 4 is 118 Å². The van der Waals surface area contributed by atoms with Gasteiger partial charge in [0, 0.05) is 77.3 Å². The quantitative estimate of drug-likeness (QED) is 0.108. The second-order valence-corrected chi connectivity index (χ2v) is 28.4. The van der Waals surface area contributed by atoms with Crippen molar-refractivity contribution in [1.29, 1.82) is 0 Å². The molecule has 0 fully saturated rings. The number of furan rings is 2. The fraction of sp³-hybridized carbons (Fsp3) is 0.133. The standard InChI is InChI=1S/C90H74BN3O2/c1-87(2,59-27-13-9-14-28-59)63-43-49-67(50-44-63)92-76-53-47-65(89(5,6)61-31-17-11-18-32-61)55-74(76)91-75-56-66(90(7,8)62-33-19-12-20-34-62)48-54-77(75)93(68-51-45-64(46-52-68)88(3,4)60-29-15-10-16-30-60)81-58-69(57-80(92)84(81)91)94(78-39-25-37-72-70-35-21-23-41-82(70)95-85(72)78)79-40-26-38-73-71-36-22-24-42-83(71)96-86(73)79/h9-58H,1-8H3. The van der Waals surface area contributed by atoms with Gasteiger partial charge in [0.1, 0.15) is 11.2 Å². The molecular formula is C90H74BN3O2. The summed E-state index contributed by atoms with van der Waals surface area (Å²) in [5.41, 5.74) is 25.0. The average molecular weight is 1240 g/mol. The summed E-state index contributed by atoms with van der Waals surface area (Å²) in [6.07, 6.45) is 0. The van der Waals surface area contributed by atoms with Crippen molar-refractivity contribution in [3.05, 3.63) is 348 Å². The second kappa shape index (κ2) is 22.3. The molecule has 0 bridgehead atoms. The van der Waals surface area contributed by atoms with Crippen LogP contribution in [-0.2, 0) is 21.7 Å². The molecule has 96 heavy (non-hydrogen) atoms. The first-order valence-corrected chi connectivity index (χ1v) is 33.8. The van der Waals surface area contributed by atoms with Gasteiger partial charge in [0.05, 0.1) is 17.1 Å². The first-order chi connectivity index (χ1) is 46.6. The van der Waals surface area contributed by atoms with Gasteiger partial charge in [0.15, 0.2) is 11.2 Å². The second-order valence-electron chi connectivity index (χ2n) is 28.4. The summed E-state index contributed by atoms with van der Waals surface area (Å²) in [4.78, 5) is 7.55. The predicted molar refractivity (Wildman–Crippen MR) is 404 cm³/mol. The molecule has 2 aliphatic rings. The smallest absolute Gasteiger partial charge is 0.252 e. The fourth-order valence-electron chi connectivity index (χ4n) is 15.8. The SMILES string of the molecule is CC(C)(c1ccccc1)c1ccc(N2c3ccc(C(C)(C)c4ccccc4)cc3B3c4cc(C(C)(C)c5ccccc5)ccc4N(c4ccc(C(C)(C)c5ccccc5)cc4)c4cc(N(c5cccc6c5oc5ccccc56)c5cccc6c5oc5ccccc56)cc2c43)cc1. The highest BCUT2D eigenvalue weighted by molar-refractivity contribution is 7.00. The van der Waals surface area contributed by atoms with Crippen LogP contribution in [0, 0.1) is 0 Å². The topological polar surface area (TPSA) is 36.0 Å². The summed E-state index contributed by atoms with van der Waals surface area (Å²) in [5.74, 6) is 0. The van der Waals surface area contributed by atoms with Crippen LogP contribution in [0.3, 0.4) is 0 Å². The van der Waals surface area contributed by atoms with E-state index in [-0.39, 0.29) is 28.4 Å². The van der Waals surface area contributed by atoms with Gasteiger partial charge in [-0.1, -0.05) is 286 Å². The van der Waals surface area contributed by atoms with Crippen molar-refractivity contribution in [3.63, 3.8) is 0 Å². The number of hydrogen-bond acceptors (Lipinski definition) is 5. The van der Waals surface area contributed by atoms with E-state index in [0.29, 0.717) is 0 Å². The van der Waals surface area contributed by atoms with Crippen LogP contribution in [0.5, 0.6) is 0 Å². The number of benzene rings is 13. The zero-order chi connectivity index (χ0) is 65.2. The third-order valence-electron chi connectivity index (χ3n) is 21.7. The van der Waals surface area contributed by atoms with E-state index in [9.17, 15) is 0 Å². The van der Waals surface area contributed by atoms with E-state index in [1.807, 2.05) is 0 Å². The molecule has 17 rings (SSSR count). The summed E-state index contributed by atoms with van der Waals surface area (Å²) < 4.78 is 14.3. The lowest BCUT2D eigenvalue weighted by Gasteiger charge is -2.46. The molecule has 2 aliphatic heterocycles. The van der Waals surface area contributed by atoms with Crippen LogP contribution >= 0.6 is 0 Å². The minimum atomic E-state index is -0.343. The number of para-hydroxylation sites is 4. The summed E-state index contributed by atoms with van der Waals surface area (Å²) in [7, 11) is 0. The molecule has 5 nitrogen and oxygen atoms in total. The van der Waals surface area contributed by atoms with E-state index >= 15 is 0 Å². The van der Waals surface area contributed by atoms with Gasteiger partial charge in [-0.3, -0.25) is 0 Å². The highest BCUT2D eigenvalue weighted by atomic mass is 16.3. The highest BCUT2D eigenvalue weighted by Crippen LogP contribution is 2.53. The van der Waals surface area contributed by atoms with E-state index in [2.05, 4.69) is 373 Å². The van der Waals surface area contributed by atoms with Gasteiger partial charge in [-0.25, -0.2) is 0 Å². The van der Waals surface area contributed by atoms with E-state index < -0.39 is 0 Å². The Morgan fingerprint density at radius 2 is 0.594 bits per heavy atom. The largest absolute Gasteiger partial charge is 0.454 e. The highest BCUT2D eigenvalue weighted by Gasteiger charge is 2.46. The van der Waals surface area contributed by atoms with Crippen LogP contribution < -0.4 is 31.1 Å². The molecule has 6 heteroatoms. The van der Waals surface area contributed by atoms with Crippen LogP contribution in [0.1, 0.15) is 99.9 Å². The molecule has 0 N–H and O–H groups in total. The minimum Gasteiger partial charge on any atom is -0.454 e. The Morgan fingerprint density at radius 1 is 0.281 bits per heavy atom. The Balaban J connectivity index is 0.995. The minimum absolute atomic E-state index is 0.224. The average Bonchev–Trinajstić information content (AvgIpc) is 0.722. The Morgan fingerprint density at radius 3 is 0.969 bits per heavy atom. The van der Waals surface area contributed by atoms with Crippen molar-refractivity contribution in [2.45, 2.75) is 77.0 Å². The van der Waals surface area contributed by atoms with Crippen molar-refractivity contribution in [3.8, 4) is 0 Å². The van der Waals surface area contributed by atoms with Gasteiger partial charge < -0.3 is 23.5 Å². The Labute approximate surface area is 563 Å². The van der Waals surface area contributed by atoms with Gasteiger partial charge in [-0.2, -0.15) is 0 Å². The molecule has 0 saturated heterocycles. The molecule has 0 radical (unpaired) electrons. The molecule has 0 saturated carbocycles. The fourth-order valence-corrected chi connectivity index (χ4v) is 15.8. The van der Waals surface area contributed by atoms with Crippen molar-refractivity contribution in [1.82, 2.24) is 0 Å². The number of rotatable bonds is 13. The molecule has 464 valence electrons. The molecule has 0 amide bonds. The van der Waals surface area contributed by atoms with Crippen molar-refractivity contribution < 1.29 is 8.83 Å². The first kappa shape index (κ1) is 58.7. The number of nitrogens with zero attached hydrogens (tertiary/aromatic N) is 3. The lowest BCUT2D eigenvalue weighted by atomic mass is 9.33. The lowest BCUT2D eigenvalue weighted by Crippen LogP contribution is -2.61. The van der Waals surface area contributed by atoms with E-state index in [0.717, 1.165) is 95.1 Å². The van der Waals surface area contributed by atoms with Crippen molar-refractivity contribution in [2.24, 2.45) is 0 Å². The van der Waals surface area contributed by atoms with E-state index in [1.165, 1.54) is 60.9 Å². The molecule has 13 aromatic carbocycles. The number of hydrogen-bond donors (Lipinski definition) is 0. The molecule has 15 aromatic rings. The summed E-state index contributed by atoms with van der Waals surface area (Å²) >= 11 is 0. The summed E-state index contributed by atoms with van der Waals surface area (Å²) in [6.45, 7) is 18.6. The van der Waals surface area contributed by atoms with Crippen LogP contribution in [0.2, 0.25) is 0 Å². The molecule has 0 aliphatic carbocycles. The Kier molecular flexibility index (Phi) is 13.6. The van der Waals surface area contributed by atoms with E-state index in [1.54, 1.807) is 0 Å². The van der Waals surface area contributed by atoms with Gasteiger partial charge >= 0.3 is 0 Å². The predicted octanol–water partition coefficient (Wildman–Crippen LogP) is 22.3. The number of anilines is 9. The van der Waals surface area contributed by atoms with Crippen LogP contribution in [-0.4, -0.2) is 6.71 Å². The molecule has 2 aromatic heterocycles. The molecular weight excluding hydrogens is 1170 g/mol. The summed E-state index contributed by atoms with van der Waals surface area (Å²) in [6, 6.07) is 112.